The monoisotopic (exact) mass is 711 g/mol. The van der Waals surface area contributed by atoms with E-state index in [1.807, 2.05) is 49.4 Å². The average Bonchev–Trinajstić information content (AvgIpc) is 3.51. The van der Waals surface area contributed by atoms with Crippen LogP contribution in [0.2, 0.25) is 0 Å². The molecule has 1 aliphatic rings. The number of rotatable bonds is 15. The van der Waals surface area contributed by atoms with Crippen molar-refractivity contribution in [3.63, 3.8) is 0 Å². The zero-order chi connectivity index (χ0) is 37.2. The van der Waals surface area contributed by atoms with Gasteiger partial charge in [0.2, 0.25) is 11.8 Å². The molecule has 0 spiro atoms. The average molecular weight is 712 g/mol. The van der Waals surface area contributed by atoms with Gasteiger partial charge in [0.05, 0.1) is 10.9 Å². The van der Waals surface area contributed by atoms with Crippen molar-refractivity contribution in [3.05, 3.63) is 87.7 Å². The van der Waals surface area contributed by atoms with Crippen LogP contribution in [0.3, 0.4) is 0 Å². The van der Waals surface area contributed by atoms with Crippen LogP contribution in [0.1, 0.15) is 61.0 Å². The Labute approximate surface area is 302 Å². The number of anilines is 1. The largest absolute Gasteiger partial charge is 0.465 e. The minimum atomic E-state index is -1.06. The number of hydrogen-bond donors (Lipinski definition) is 7. The molecular weight excluding hydrogens is 662 g/mol. The highest BCUT2D eigenvalue weighted by Gasteiger charge is 2.30. The second kappa shape index (κ2) is 17.7. The Bertz CT molecular complexity index is 1920. The third-order valence-corrected chi connectivity index (χ3v) is 10.0. The molecule has 0 saturated heterocycles. The standard InChI is InChI=1S/C39H49N7O6/c1-4-46(5-2)19-18-40-35(47)29-14-16-31(24(3)20-29)27-10-6-25(7-11-27)21-34(38(50)42-30-15-17-32-33(22-30)44-45-37(32)49)43-36(48)28-12-8-26(9-13-28)23-41-39(51)52/h6-7,10-11,14-17,20,22,26,28,34,41H,4-5,8-9,12-13,18-19,21,23H2,1-3H3,(H,40,47)(H,42,50)(H,43,48)(H,51,52)(H2,44,45,49)/t26?,28?,34-/m0/s1. The van der Waals surface area contributed by atoms with E-state index in [9.17, 15) is 24.0 Å². The Balaban J connectivity index is 1.26. The minimum absolute atomic E-state index is 0.104. The van der Waals surface area contributed by atoms with Crippen LogP contribution in [0.25, 0.3) is 22.0 Å². The number of hydrogen-bond acceptors (Lipinski definition) is 6. The molecule has 52 heavy (non-hydrogen) atoms. The van der Waals surface area contributed by atoms with Crippen LogP contribution in [0, 0.1) is 18.8 Å². The number of carbonyl (C=O) groups excluding carboxylic acids is 3. The summed E-state index contributed by atoms with van der Waals surface area (Å²) < 4.78 is 0. The number of likely N-dealkylation sites (N-methyl/N-ethyl adjacent to an activating group) is 1. The summed E-state index contributed by atoms with van der Waals surface area (Å²) in [5.41, 5.74) is 5.13. The van der Waals surface area contributed by atoms with Crippen molar-refractivity contribution >= 4 is 40.4 Å². The molecular formula is C39H49N7O6. The molecule has 7 N–H and O–H groups in total. The molecule has 0 unspecified atom stereocenters. The van der Waals surface area contributed by atoms with Crippen LogP contribution in [-0.4, -0.2) is 82.8 Å². The highest BCUT2D eigenvalue weighted by Crippen LogP contribution is 2.29. The lowest BCUT2D eigenvalue weighted by Gasteiger charge is -2.29. The van der Waals surface area contributed by atoms with Gasteiger partial charge in [-0.25, -0.2) is 4.79 Å². The maximum absolute atomic E-state index is 13.7. The first-order valence-corrected chi connectivity index (χ1v) is 18.0. The predicted octanol–water partition coefficient (Wildman–Crippen LogP) is 4.64. The molecule has 4 aromatic rings. The molecule has 13 nitrogen and oxygen atoms in total. The summed E-state index contributed by atoms with van der Waals surface area (Å²) in [5.74, 6) is -0.814. The molecule has 1 atom stereocenters. The lowest BCUT2D eigenvalue weighted by Crippen LogP contribution is -2.48. The number of carboxylic acid groups (broad SMARTS) is 1. The molecule has 1 heterocycles. The number of nitrogens with one attached hydrogen (secondary N) is 6. The van der Waals surface area contributed by atoms with E-state index in [1.165, 1.54) is 0 Å². The first-order valence-electron chi connectivity index (χ1n) is 18.0. The number of fused-ring (bicyclic) bond motifs is 1. The van der Waals surface area contributed by atoms with Gasteiger partial charge in [-0.05, 0) is 104 Å². The third-order valence-electron chi connectivity index (χ3n) is 10.0. The molecule has 3 aromatic carbocycles. The van der Waals surface area contributed by atoms with Gasteiger partial charge in [-0.2, -0.15) is 0 Å². The Morgan fingerprint density at radius 2 is 1.63 bits per heavy atom. The zero-order valence-electron chi connectivity index (χ0n) is 30.0. The summed E-state index contributed by atoms with van der Waals surface area (Å²) in [7, 11) is 0. The van der Waals surface area contributed by atoms with Crippen molar-refractivity contribution in [3.8, 4) is 11.1 Å². The molecule has 0 bridgehead atoms. The van der Waals surface area contributed by atoms with Gasteiger partial charge in [0.15, 0.2) is 0 Å². The summed E-state index contributed by atoms with van der Waals surface area (Å²) in [6.07, 6.45) is 1.83. The van der Waals surface area contributed by atoms with Gasteiger partial charge < -0.3 is 31.3 Å². The number of aromatic amines is 2. The maximum atomic E-state index is 13.7. The predicted molar refractivity (Wildman–Crippen MR) is 201 cm³/mol. The fraction of sp³-hybridized carbons (Fsp3) is 0.410. The molecule has 5 rings (SSSR count). The van der Waals surface area contributed by atoms with Gasteiger partial charge in [0.1, 0.15) is 6.04 Å². The molecule has 0 radical (unpaired) electrons. The first-order chi connectivity index (χ1) is 25.0. The number of carbonyl (C=O) groups is 4. The van der Waals surface area contributed by atoms with Crippen LogP contribution in [0.15, 0.2) is 65.5 Å². The number of nitrogens with zero attached hydrogens (tertiary/aromatic N) is 1. The second-order valence-corrected chi connectivity index (χ2v) is 13.5. The molecule has 1 aromatic heterocycles. The van der Waals surface area contributed by atoms with Gasteiger partial charge >= 0.3 is 6.09 Å². The van der Waals surface area contributed by atoms with E-state index in [-0.39, 0.29) is 35.6 Å². The van der Waals surface area contributed by atoms with Crippen LogP contribution < -0.4 is 26.8 Å². The molecule has 276 valence electrons. The SMILES string of the molecule is CCN(CC)CCNC(=O)c1ccc(-c2ccc(C[C@H](NC(=O)C3CCC(CNC(=O)O)CC3)C(=O)Nc3ccc4c(=O)[nH][nH]c4c3)cc2)c(C)c1. The van der Waals surface area contributed by atoms with Gasteiger partial charge in [-0.15, -0.1) is 0 Å². The second-order valence-electron chi connectivity index (χ2n) is 13.5. The lowest BCUT2D eigenvalue weighted by molar-refractivity contribution is -0.130. The number of H-pyrrole nitrogens is 2. The maximum Gasteiger partial charge on any atom is 0.404 e. The van der Waals surface area contributed by atoms with E-state index in [1.54, 1.807) is 18.2 Å². The number of aryl methyl sites for hydroxylation is 1. The number of amides is 4. The normalized spacial score (nSPS) is 16.3. The number of benzene rings is 3. The zero-order valence-corrected chi connectivity index (χ0v) is 30.0. The van der Waals surface area contributed by atoms with Crippen LogP contribution >= 0.6 is 0 Å². The topological polar surface area (TPSA) is 189 Å². The van der Waals surface area contributed by atoms with Crippen molar-refractivity contribution < 1.29 is 24.3 Å². The van der Waals surface area contributed by atoms with Gasteiger partial charge in [-0.1, -0.05) is 44.2 Å². The molecule has 13 heteroatoms. The smallest absolute Gasteiger partial charge is 0.404 e. The van der Waals surface area contributed by atoms with E-state index < -0.39 is 18.0 Å². The minimum Gasteiger partial charge on any atom is -0.465 e. The summed E-state index contributed by atoms with van der Waals surface area (Å²) >= 11 is 0. The lowest BCUT2D eigenvalue weighted by atomic mass is 9.81. The van der Waals surface area contributed by atoms with E-state index in [4.69, 9.17) is 5.11 Å². The first kappa shape index (κ1) is 37.8. The third kappa shape index (κ3) is 9.87. The van der Waals surface area contributed by atoms with Gasteiger partial charge in [0.25, 0.3) is 11.5 Å². The Morgan fingerprint density at radius 1 is 0.904 bits per heavy atom. The Hall–Kier alpha value is -5.43. The summed E-state index contributed by atoms with van der Waals surface area (Å²) in [5, 5.41) is 26.1. The highest BCUT2D eigenvalue weighted by atomic mass is 16.4. The van der Waals surface area contributed by atoms with Crippen LogP contribution in [0.5, 0.6) is 0 Å². The van der Waals surface area contributed by atoms with Crippen LogP contribution in [0.4, 0.5) is 10.5 Å². The van der Waals surface area contributed by atoms with Crippen LogP contribution in [-0.2, 0) is 16.0 Å². The summed E-state index contributed by atoms with van der Waals surface area (Å²) in [6.45, 7) is 9.80. The fourth-order valence-electron chi connectivity index (χ4n) is 6.86. The Morgan fingerprint density at radius 3 is 2.31 bits per heavy atom. The highest BCUT2D eigenvalue weighted by molar-refractivity contribution is 5.99. The molecule has 1 aliphatic carbocycles. The van der Waals surface area contributed by atoms with Crippen molar-refractivity contribution in [1.29, 1.82) is 0 Å². The van der Waals surface area contributed by atoms with E-state index in [0.717, 1.165) is 41.9 Å². The quantitative estimate of drug-likeness (QED) is 0.0935. The summed E-state index contributed by atoms with van der Waals surface area (Å²) in [6, 6.07) is 17.5. The van der Waals surface area contributed by atoms with Crippen molar-refractivity contribution in [2.45, 2.75) is 58.9 Å². The molecule has 1 fully saturated rings. The molecule has 0 aliphatic heterocycles. The summed E-state index contributed by atoms with van der Waals surface area (Å²) in [4.78, 5) is 65.1. The molecule has 4 amide bonds. The van der Waals surface area contributed by atoms with Crippen molar-refractivity contribution in [2.75, 3.05) is 38.0 Å². The van der Waals surface area contributed by atoms with E-state index in [2.05, 4.69) is 50.2 Å². The van der Waals surface area contributed by atoms with Crippen molar-refractivity contribution in [2.24, 2.45) is 11.8 Å². The van der Waals surface area contributed by atoms with Gasteiger partial charge in [0, 0.05) is 43.2 Å². The van der Waals surface area contributed by atoms with Crippen molar-refractivity contribution in [1.82, 2.24) is 31.0 Å². The number of aromatic nitrogens is 2. The molecule has 1 saturated carbocycles. The van der Waals surface area contributed by atoms with Gasteiger partial charge in [-0.3, -0.25) is 29.4 Å². The Kier molecular flexibility index (Phi) is 12.9. The fourth-order valence-corrected chi connectivity index (χ4v) is 6.86. The van der Waals surface area contributed by atoms with E-state index >= 15 is 0 Å². The van der Waals surface area contributed by atoms with E-state index in [0.29, 0.717) is 60.9 Å².